The Kier molecular flexibility index (Phi) is 6.36. The van der Waals surface area contributed by atoms with Crippen LogP contribution in [0.25, 0.3) is 5.69 Å². The molecule has 3 rings (SSSR count). The first kappa shape index (κ1) is 20.6. The molecule has 0 spiro atoms. The summed E-state index contributed by atoms with van der Waals surface area (Å²) in [6.45, 7) is 1.80. The van der Waals surface area contributed by atoms with Gasteiger partial charge in [-0.15, -0.1) is 5.11 Å². The molecule has 27 heavy (non-hydrogen) atoms. The van der Waals surface area contributed by atoms with Crippen molar-refractivity contribution in [3.63, 3.8) is 0 Å². The van der Waals surface area contributed by atoms with Crippen molar-refractivity contribution in [3.8, 4) is 5.69 Å². The number of quaternary nitrogens is 1. The molecule has 0 aliphatic carbocycles. The highest BCUT2D eigenvalue weighted by molar-refractivity contribution is 6.18. The van der Waals surface area contributed by atoms with E-state index in [9.17, 15) is 4.79 Å². The van der Waals surface area contributed by atoms with Gasteiger partial charge in [0, 0.05) is 6.07 Å². The van der Waals surface area contributed by atoms with Crippen LogP contribution in [-0.2, 0) is 0 Å². The summed E-state index contributed by atoms with van der Waals surface area (Å²) in [5.74, 6) is 0. The minimum atomic E-state index is -0.231. The van der Waals surface area contributed by atoms with E-state index in [0.717, 1.165) is 11.4 Å². The number of nitrogens with one attached hydrogen (secondary N) is 1. The number of aromatic amines is 1. The molecule has 0 saturated carbocycles. The number of azo groups is 1. The second kappa shape index (κ2) is 8.33. The molecule has 1 aromatic heterocycles. The fourth-order valence-electron chi connectivity index (χ4n) is 2.52. The van der Waals surface area contributed by atoms with Crippen LogP contribution in [0.1, 0.15) is 13.1 Å². The number of hydrogen-bond acceptors (Lipinski definition) is 3. The van der Waals surface area contributed by atoms with E-state index >= 15 is 0 Å². The topological polar surface area (TPSA) is 62.5 Å². The molecule has 142 valence electrons. The van der Waals surface area contributed by atoms with Gasteiger partial charge < -0.3 is 0 Å². The highest BCUT2D eigenvalue weighted by Crippen LogP contribution is 2.26. The molecule has 0 aliphatic rings. The molecule has 2 aromatic carbocycles. The van der Waals surface area contributed by atoms with Gasteiger partial charge in [-0.2, -0.15) is 5.11 Å². The number of benzene rings is 2. The molecule has 6 nitrogen and oxygen atoms in total. The molecule has 0 saturated heterocycles. The Morgan fingerprint density at radius 3 is 2.44 bits per heavy atom. The standard InChI is InChI=1S/C19H20ClN5O.CH4/c1-14-18(19(26)24(23-14)16-9-5-4-6-10-16)22-21-15-8-7-11-17(12-15)25(2,3)13-20;/h4-12H,13H2,1-3H3;1H4/p+1. The van der Waals surface area contributed by atoms with Crippen LogP contribution in [0.3, 0.4) is 0 Å². The van der Waals surface area contributed by atoms with Gasteiger partial charge in [-0.25, -0.2) is 4.68 Å². The fourth-order valence-corrected chi connectivity index (χ4v) is 2.66. The summed E-state index contributed by atoms with van der Waals surface area (Å²) >= 11 is 6.03. The Labute approximate surface area is 164 Å². The zero-order chi connectivity index (χ0) is 18.7. The average Bonchev–Trinajstić information content (AvgIpc) is 2.95. The Balaban J connectivity index is 0.00000261. The van der Waals surface area contributed by atoms with Crippen LogP contribution in [0.2, 0.25) is 0 Å². The molecule has 0 radical (unpaired) electrons. The lowest BCUT2D eigenvalue weighted by Crippen LogP contribution is -2.38. The van der Waals surface area contributed by atoms with Gasteiger partial charge in [0.15, 0.2) is 11.7 Å². The van der Waals surface area contributed by atoms with Crippen LogP contribution in [-0.4, -0.2) is 29.9 Å². The van der Waals surface area contributed by atoms with Crippen molar-refractivity contribution in [2.24, 2.45) is 10.2 Å². The summed E-state index contributed by atoms with van der Waals surface area (Å²) in [5.41, 5.74) is 3.17. The largest absolute Gasteiger partial charge is 0.299 e. The normalized spacial score (nSPS) is 11.6. The molecule has 0 fully saturated rings. The van der Waals surface area contributed by atoms with Crippen LogP contribution in [0.5, 0.6) is 0 Å². The first-order valence-corrected chi connectivity index (χ1v) is 8.74. The molecular formula is C20H25ClN5O+. The number of para-hydroxylation sites is 1. The van der Waals surface area contributed by atoms with Gasteiger partial charge in [0.1, 0.15) is 5.69 Å². The quantitative estimate of drug-likeness (QED) is 0.275. The smallest absolute Gasteiger partial charge is 0.293 e. The van der Waals surface area contributed by atoms with Gasteiger partial charge in [0.25, 0.3) is 5.56 Å². The lowest BCUT2D eigenvalue weighted by molar-refractivity contribution is 0.464. The second-order valence-corrected chi connectivity index (χ2v) is 6.82. The number of nitrogens with zero attached hydrogens (tertiary/aromatic N) is 4. The third-order valence-corrected chi connectivity index (χ3v) is 4.75. The van der Waals surface area contributed by atoms with E-state index in [4.69, 9.17) is 11.6 Å². The third-order valence-electron chi connectivity index (χ3n) is 4.15. The van der Waals surface area contributed by atoms with Gasteiger partial charge in [-0.05, 0) is 31.2 Å². The average molecular weight is 387 g/mol. The van der Waals surface area contributed by atoms with E-state index in [1.54, 1.807) is 6.92 Å². The third kappa shape index (κ3) is 4.35. The predicted molar refractivity (Wildman–Crippen MR) is 113 cm³/mol. The summed E-state index contributed by atoms with van der Waals surface area (Å²) in [5, 5.41) is 11.5. The summed E-state index contributed by atoms with van der Waals surface area (Å²) < 4.78 is 1.99. The molecule has 0 aliphatic heterocycles. The maximum absolute atomic E-state index is 12.6. The van der Waals surface area contributed by atoms with Crippen LogP contribution < -0.4 is 10.0 Å². The molecule has 0 unspecified atom stereocenters. The molecular weight excluding hydrogens is 362 g/mol. The Morgan fingerprint density at radius 2 is 1.78 bits per heavy atom. The lowest BCUT2D eigenvalue weighted by atomic mass is 10.2. The number of alkyl halides is 1. The van der Waals surface area contributed by atoms with E-state index in [0.29, 0.717) is 27.6 Å². The van der Waals surface area contributed by atoms with Gasteiger partial charge >= 0.3 is 0 Å². The molecule has 0 bridgehead atoms. The molecule has 3 aromatic rings. The number of aromatic nitrogens is 2. The Hall–Kier alpha value is -2.70. The Bertz CT molecular complexity index is 989. The zero-order valence-corrected chi connectivity index (χ0v) is 15.7. The summed E-state index contributed by atoms with van der Waals surface area (Å²) in [7, 11) is 4.02. The predicted octanol–water partition coefficient (Wildman–Crippen LogP) is 5.29. The summed E-state index contributed by atoms with van der Waals surface area (Å²) in [4.78, 5) is 12.6. The van der Waals surface area contributed by atoms with Gasteiger partial charge in [0.05, 0.1) is 31.2 Å². The van der Waals surface area contributed by atoms with E-state index in [1.165, 1.54) is 4.68 Å². The van der Waals surface area contributed by atoms with Crippen molar-refractivity contribution >= 4 is 28.7 Å². The van der Waals surface area contributed by atoms with E-state index in [2.05, 4.69) is 15.3 Å². The number of rotatable bonds is 5. The maximum Gasteiger partial charge on any atom is 0.299 e. The molecule has 0 atom stereocenters. The highest BCUT2D eigenvalue weighted by atomic mass is 35.5. The summed E-state index contributed by atoms with van der Waals surface area (Å²) in [6, 6.07) is 17.5. The second-order valence-electron chi connectivity index (χ2n) is 6.59. The van der Waals surface area contributed by atoms with Gasteiger partial charge in [-0.3, -0.25) is 14.4 Å². The SMILES string of the molecule is C.Cc1[nH]n(-c2ccccc2)c(=O)c1N=Nc1cccc([N+](C)(C)CCl)c1. The van der Waals surface area contributed by atoms with E-state index in [1.807, 2.05) is 68.7 Å². The van der Waals surface area contributed by atoms with Crippen molar-refractivity contribution in [1.82, 2.24) is 14.3 Å². The van der Waals surface area contributed by atoms with Crippen LogP contribution in [0.15, 0.2) is 69.6 Å². The molecule has 1 heterocycles. The first-order chi connectivity index (χ1) is 12.4. The molecule has 0 amide bonds. The van der Waals surface area contributed by atoms with E-state index < -0.39 is 0 Å². The van der Waals surface area contributed by atoms with Crippen molar-refractivity contribution in [1.29, 1.82) is 0 Å². The number of hydrogen-bond donors (Lipinski definition) is 1. The number of H-pyrrole nitrogens is 1. The number of aryl methyl sites for hydroxylation is 1. The van der Waals surface area contributed by atoms with Gasteiger partial charge in [0.2, 0.25) is 0 Å². The van der Waals surface area contributed by atoms with Crippen molar-refractivity contribution in [2.75, 3.05) is 20.1 Å². The minimum absolute atomic E-state index is 0. The van der Waals surface area contributed by atoms with Crippen molar-refractivity contribution in [2.45, 2.75) is 14.4 Å². The van der Waals surface area contributed by atoms with Crippen molar-refractivity contribution < 1.29 is 0 Å². The fraction of sp³-hybridized carbons (Fsp3) is 0.250. The zero-order valence-electron chi connectivity index (χ0n) is 15.0. The van der Waals surface area contributed by atoms with Crippen LogP contribution in [0, 0.1) is 6.92 Å². The Morgan fingerprint density at radius 1 is 1.07 bits per heavy atom. The lowest BCUT2D eigenvalue weighted by Gasteiger charge is -2.26. The molecule has 7 heteroatoms. The minimum Gasteiger partial charge on any atom is -0.293 e. The van der Waals surface area contributed by atoms with E-state index in [-0.39, 0.29) is 13.0 Å². The van der Waals surface area contributed by atoms with Crippen LogP contribution >= 0.6 is 11.6 Å². The maximum atomic E-state index is 12.6. The first-order valence-electron chi connectivity index (χ1n) is 8.21. The summed E-state index contributed by atoms with van der Waals surface area (Å²) in [6.07, 6.45) is 0. The van der Waals surface area contributed by atoms with Crippen LogP contribution in [0.4, 0.5) is 17.1 Å². The molecule has 1 N–H and O–H groups in total. The number of halogens is 1. The van der Waals surface area contributed by atoms with Crippen molar-refractivity contribution in [3.05, 3.63) is 70.6 Å². The van der Waals surface area contributed by atoms with Gasteiger partial charge in [-0.1, -0.05) is 43.3 Å². The monoisotopic (exact) mass is 386 g/mol. The highest BCUT2D eigenvalue weighted by Gasteiger charge is 2.17.